The first-order valence-electron chi connectivity index (χ1n) is 11.0. The van der Waals surface area contributed by atoms with Gasteiger partial charge in [-0.25, -0.2) is 15.1 Å². The van der Waals surface area contributed by atoms with Crippen molar-refractivity contribution in [1.29, 1.82) is 0 Å². The van der Waals surface area contributed by atoms with Crippen molar-refractivity contribution in [3.63, 3.8) is 0 Å². The SMILES string of the molecule is CCn1c(C)nc2cc(C(=O)N/N=C\c3cn(-c4ccccc4)nc3-c3cccnc3)ccc21. The molecule has 0 spiro atoms. The van der Waals surface area contributed by atoms with Gasteiger partial charge in [-0.05, 0) is 56.3 Å². The van der Waals surface area contributed by atoms with Crippen LogP contribution in [0.4, 0.5) is 0 Å². The van der Waals surface area contributed by atoms with Gasteiger partial charge in [-0.1, -0.05) is 18.2 Å². The van der Waals surface area contributed by atoms with Gasteiger partial charge in [0.25, 0.3) is 5.91 Å². The number of hydrogen-bond acceptors (Lipinski definition) is 5. The lowest BCUT2D eigenvalue weighted by molar-refractivity contribution is 0.0955. The summed E-state index contributed by atoms with van der Waals surface area (Å²) in [6.07, 6.45) is 6.94. The highest BCUT2D eigenvalue weighted by Gasteiger charge is 2.13. The van der Waals surface area contributed by atoms with Gasteiger partial charge in [-0.15, -0.1) is 0 Å². The zero-order chi connectivity index (χ0) is 23.5. The van der Waals surface area contributed by atoms with E-state index in [9.17, 15) is 4.79 Å². The molecule has 0 saturated heterocycles. The summed E-state index contributed by atoms with van der Waals surface area (Å²) in [4.78, 5) is 21.5. The Morgan fingerprint density at radius 2 is 1.97 bits per heavy atom. The van der Waals surface area contributed by atoms with Crippen LogP contribution >= 0.6 is 0 Å². The fourth-order valence-corrected chi connectivity index (χ4v) is 3.94. The van der Waals surface area contributed by atoms with Crippen molar-refractivity contribution in [3.05, 3.63) is 96.2 Å². The van der Waals surface area contributed by atoms with E-state index in [0.29, 0.717) is 5.56 Å². The first kappa shape index (κ1) is 21.3. The minimum atomic E-state index is -0.305. The number of nitrogens with one attached hydrogen (secondary N) is 1. The standard InChI is InChI=1S/C26H23N7O/c1-3-32-18(2)29-23-14-19(11-12-24(23)32)26(34)30-28-16-21-17-33(22-9-5-4-6-10-22)31-25(21)20-8-7-13-27-15-20/h4-17H,3H2,1-2H3,(H,30,34)/b28-16-. The molecule has 0 aliphatic heterocycles. The van der Waals surface area contributed by atoms with E-state index in [2.05, 4.69) is 32.0 Å². The third kappa shape index (κ3) is 4.09. The maximum absolute atomic E-state index is 12.7. The van der Waals surface area contributed by atoms with Crippen molar-refractivity contribution in [2.24, 2.45) is 5.10 Å². The number of benzene rings is 2. The Bertz CT molecular complexity index is 1480. The maximum atomic E-state index is 12.7. The molecule has 168 valence electrons. The third-order valence-electron chi connectivity index (χ3n) is 5.59. The Hall–Kier alpha value is -4.59. The summed E-state index contributed by atoms with van der Waals surface area (Å²) in [6.45, 7) is 4.86. The third-order valence-corrected chi connectivity index (χ3v) is 5.59. The van der Waals surface area contributed by atoms with Gasteiger partial charge in [-0.3, -0.25) is 9.78 Å². The largest absolute Gasteiger partial charge is 0.329 e. The highest BCUT2D eigenvalue weighted by atomic mass is 16.2. The van der Waals surface area contributed by atoms with Crippen LogP contribution in [0.25, 0.3) is 28.0 Å². The molecule has 8 heteroatoms. The number of hydrazone groups is 1. The van der Waals surface area contributed by atoms with Gasteiger partial charge in [0.1, 0.15) is 11.5 Å². The van der Waals surface area contributed by atoms with Crippen molar-refractivity contribution in [1.82, 2.24) is 29.7 Å². The lowest BCUT2D eigenvalue weighted by Gasteiger charge is -2.03. The van der Waals surface area contributed by atoms with E-state index in [1.54, 1.807) is 35.4 Å². The molecule has 0 atom stereocenters. The number of amides is 1. The molecule has 1 N–H and O–H groups in total. The van der Waals surface area contributed by atoms with Crippen LogP contribution in [0.5, 0.6) is 0 Å². The number of pyridine rings is 1. The number of aryl methyl sites for hydroxylation is 2. The summed E-state index contributed by atoms with van der Waals surface area (Å²) in [5.74, 6) is 0.617. The highest BCUT2D eigenvalue weighted by Crippen LogP contribution is 2.22. The molecule has 5 aromatic rings. The van der Waals surface area contributed by atoms with Gasteiger partial charge >= 0.3 is 0 Å². The van der Waals surface area contributed by atoms with Crippen LogP contribution < -0.4 is 5.43 Å². The van der Waals surface area contributed by atoms with E-state index >= 15 is 0 Å². The van der Waals surface area contributed by atoms with Gasteiger partial charge in [0, 0.05) is 41.8 Å². The van der Waals surface area contributed by atoms with Crippen LogP contribution in [0, 0.1) is 6.92 Å². The van der Waals surface area contributed by atoms with Crippen LogP contribution in [0.1, 0.15) is 28.7 Å². The summed E-state index contributed by atoms with van der Waals surface area (Å²) in [7, 11) is 0. The number of carbonyl (C=O) groups excluding carboxylic acids is 1. The van der Waals surface area contributed by atoms with Gasteiger partial charge in [0.2, 0.25) is 0 Å². The number of para-hydroxylation sites is 1. The molecule has 0 fully saturated rings. The number of hydrogen-bond donors (Lipinski definition) is 1. The number of imidazole rings is 1. The monoisotopic (exact) mass is 449 g/mol. The fourth-order valence-electron chi connectivity index (χ4n) is 3.94. The predicted octanol–water partition coefficient (Wildman–Crippen LogP) is 4.38. The minimum Gasteiger partial charge on any atom is -0.329 e. The van der Waals surface area contributed by atoms with Crippen LogP contribution in [-0.4, -0.2) is 36.4 Å². The van der Waals surface area contributed by atoms with Gasteiger partial charge in [0.15, 0.2) is 0 Å². The number of carbonyl (C=O) groups is 1. The van der Waals surface area contributed by atoms with E-state index in [4.69, 9.17) is 5.10 Å². The molecule has 0 saturated carbocycles. The number of nitrogens with zero attached hydrogens (tertiary/aromatic N) is 6. The molecular formula is C26H23N7O. The van der Waals surface area contributed by atoms with Crippen molar-refractivity contribution in [2.75, 3.05) is 0 Å². The lowest BCUT2D eigenvalue weighted by Crippen LogP contribution is -2.17. The van der Waals surface area contributed by atoms with E-state index in [1.165, 1.54) is 0 Å². The van der Waals surface area contributed by atoms with E-state index in [-0.39, 0.29) is 5.91 Å². The Balaban J connectivity index is 1.41. The lowest BCUT2D eigenvalue weighted by atomic mass is 10.1. The molecule has 3 heterocycles. The second kappa shape index (κ2) is 9.11. The average molecular weight is 450 g/mol. The van der Waals surface area contributed by atoms with Crippen LogP contribution in [0.3, 0.4) is 0 Å². The molecule has 8 nitrogen and oxygen atoms in total. The van der Waals surface area contributed by atoms with Crippen LogP contribution in [0.15, 0.2) is 84.4 Å². The van der Waals surface area contributed by atoms with E-state index < -0.39 is 0 Å². The Morgan fingerprint density at radius 1 is 1.12 bits per heavy atom. The second-order valence-corrected chi connectivity index (χ2v) is 7.76. The normalized spacial score (nSPS) is 11.4. The second-order valence-electron chi connectivity index (χ2n) is 7.76. The van der Waals surface area contributed by atoms with E-state index in [1.807, 2.05) is 61.7 Å². The predicted molar refractivity (Wildman–Crippen MR) is 132 cm³/mol. The Morgan fingerprint density at radius 3 is 2.74 bits per heavy atom. The summed E-state index contributed by atoms with van der Waals surface area (Å²) >= 11 is 0. The van der Waals surface area contributed by atoms with E-state index in [0.717, 1.165) is 45.9 Å². The molecule has 3 aromatic heterocycles. The quantitative estimate of drug-likeness (QED) is 0.308. The molecule has 0 bridgehead atoms. The zero-order valence-corrected chi connectivity index (χ0v) is 18.9. The van der Waals surface area contributed by atoms with Crippen molar-refractivity contribution >= 4 is 23.2 Å². The molecule has 0 radical (unpaired) electrons. The highest BCUT2D eigenvalue weighted by molar-refractivity contribution is 5.98. The van der Waals surface area contributed by atoms with Crippen molar-refractivity contribution < 1.29 is 4.79 Å². The Labute approximate surface area is 196 Å². The van der Waals surface area contributed by atoms with Gasteiger partial charge < -0.3 is 4.57 Å². The summed E-state index contributed by atoms with van der Waals surface area (Å²) in [5.41, 5.74) is 8.17. The summed E-state index contributed by atoms with van der Waals surface area (Å²) in [5, 5.41) is 8.93. The van der Waals surface area contributed by atoms with Crippen molar-refractivity contribution in [3.8, 4) is 16.9 Å². The van der Waals surface area contributed by atoms with Crippen molar-refractivity contribution in [2.45, 2.75) is 20.4 Å². The van der Waals surface area contributed by atoms with Crippen LogP contribution in [-0.2, 0) is 6.54 Å². The number of aromatic nitrogens is 5. The minimum absolute atomic E-state index is 0.305. The summed E-state index contributed by atoms with van der Waals surface area (Å²) < 4.78 is 3.89. The van der Waals surface area contributed by atoms with Gasteiger partial charge in [-0.2, -0.15) is 10.2 Å². The maximum Gasteiger partial charge on any atom is 0.271 e. The molecule has 1 amide bonds. The van der Waals surface area contributed by atoms with Crippen LogP contribution in [0.2, 0.25) is 0 Å². The molecular weight excluding hydrogens is 426 g/mol. The molecule has 0 unspecified atom stereocenters. The zero-order valence-electron chi connectivity index (χ0n) is 18.9. The number of fused-ring (bicyclic) bond motifs is 1. The molecule has 0 aliphatic carbocycles. The Kier molecular flexibility index (Phi) is 5.70. The molecule has 2 aromatic carbocycles. The topological polar surface area (TPSA) is 90.0 Å². The van der Waals surface area contributed by atoms with Gasteiger partial charge in [0.05, 0.1) is 22.9 Å². The molecule has 0 aliphatic rings. The summed E-state index contributed by atoms with van der Waals surface area (Å²) in [6, 6.07) is 19.1. The molecule has 34 heavy (non-hydrogen) atoms. The number of rotatable bonds is 6. The fraction of sp³-hybridized carbons (Fsp3) is 0.115. The first-order valence-corrected chi connectivity index (χ1v) is 11.0. The average Bonchev–Trinajstić information content (AvgIpc) is 3.44. The molecule has 5 rings (SSSR count). The first-order chi connectivity index (χ1) is 16.6. The smallest absolute Gasteiger partial charge is 0.271 e.